The molecular weight excluding hydrogens is 240 g/mol. The lowest BCUT2D eigenvalue weighted by Crippen LogP contribution is -2.54. The van der Waals surface area contributed by atoms with Crippen LogP contribution in [0.2, 0.25) is 0 Å². The van der Waals surface area contributed by atoms with Crippen LogP contribution < -0.4 is 5.32 Å². The maximum atomic E-state index is 11.9. The standard InChI is InChI=1S/C11H20N2O5/c1-7-5-13(6-8(2)18-7)11(17)12-9(3-4-14)10(15)16/h7-9,14H,3-6H2,1-2H3,(H,12,17)(H,15,16)/t7?,8?,9-/m1/s1. The Morgan fingerprint density at radius 2 is 1.94 bits per heavy atom. The van der Waals surface area contributed by atoms with E-state index in [0.717, 1.165) is 0 Å². The number of aliphatic carboxylic acids is 1. The highest BCUT2D eigenvalue weighted by atomic mass is 16.5. The van der Waals surface area contributed by atoms with Gasteiger partial charge in [-0.05, 0) is 13.8 Å². The normalized spacial score (nSPS) is 25.6. The second-order valence-electron chi connectivity index (χ2n) is 4.51. The van der Waals surface area contributed by atoms with Crippen LogP contribution in [0.3, 0.4) is 0 Å². The van der Waals surface area contributed by atoms with Gasteiger partial charge >= 0.3 is 12.0 Å². The van der Waals surface area contributed by atoms with Gasteiger partial charge in [-0.3, -0.25) is 0 Å². The van der Waals surface area contributed by atoms with Crippen molar-refractivity contribution in [2.24, 2.45) is 0 Å². The zero-order valence-corrected chi connectivity index (χ0v) is 10.6. The van der Waals surface area contributed by atoms with Crippen LogP contribution in [0.4, 0.5) is 4.79 Å². The molecular formula is C11H20N2O5. The second kappa shape index (κ2) is 6.55. The fraction of sp³-hybridized carbons (Fsp3) is 0.818. The van der Waals surface area contributed by atoms with E-state index in [1.807, 2.05) is 13.8 Å². The first-order valence-electron chi connectivity index (χ1n) is 5.98. The summed E-state index contributed by atoms with van der Waals surface area (Å²) in [4.78, 5) is 24.3. The Kier molecular flexibility index (Phi) is 5.36. The van der Waals surface area contributed by atoms with Crippen LogP contribution in [0.5, 0.6) is 0 Å². The number of carbonyl (C=O) groups excluding carboxylic acids is 1. The van der Waals surface area contributed by atoms with E-state index in [1.54, 1.807) is 0 Å². The van der Waals surface area contributed by atoms with Gasteiger partial charge in [0.25, 0.3) is 0 Å². The van der Waals surface area contributed by atoms with E-state index >= 15 is 0 Å². The van der Waals surface area contributed by atoms with Crippen molar-refractivity contribution < 1.29 is 24.5 Å². The highest BCUT2D eigenvalue weighted by Gasteiger charge is 2.28. The Morgan fingerprint density at radius 1 is 1.39 bits per heavy atom. The number of carboxylic acid groups (broad SMARTS) is 1. The summed E-state index contributed by atoms with van der Waals surface area (Å²) in [5.74, 6) is -1.15. The summed E-state index contributed by atoms with van der Waals surface area (Å²) in [7, 11) is 0. The quantitative estimate of drug-likeness (QED) is 0.641. The molecule has 0 aromatic rings. The molecule has 0 saturated carbocycles. The van der Waals surface area contributed by atoms with E-state index < -0.39 is 18.0 Å². The number of morpholine rings is 1. The SMILES string of the molecule is CC1CN(C(=O)N[C@H](CCO)C(=O)O)CC(C)O1. The first-order valence-corrected chi connectivity index (χ1v) is 5.98. The number of rotatable bonds is 4. The molecule has 2 amide bonds. The fourth-order valence-electron chi connectivity index (χ4n) is 1.97. The van der Waals surface area contributed by atoms with Crippen LogP contribution in [-0.4, -0.2) is 65.1 Å². The maximum absolute atomic E-state index is 11.9. The van der Waals surface area contributed by atoms with Crippen molar-refractivity contribution in [3.05, 3.63) is 0 Å². The van der Waals surface area contributed by atoms with Gasteiger partial charge in [0.15, 0.2) is 0 Å². The number of amides is 2. The van der Waals surface area contributed by atoms with Crippen LogP contribution in [0, 0.1) is 0 Å². The number of carbonyl (C=O) groups is 2. The lowest BCUT2D eigenvalue weighted by molar-refractivity contribution is -0.139. The predicted molar refractivity (Wildman–Crippen MR) is 63.2 cm³/mol. The molecule has 3 atom stereocenters. The monoisotopic (exact) mass is 260 g/mol. The Hall–Kier alpha value is -1.34. The molecule has 1 aliphatic rings. The Morgan fingerprint density at radius 3 is 2.39 bits per heavy atom. The molecule has 0 aliphatic carbocycles. The first kappa shape index (κ1) is 14.7. The smallest absolute Gasteiger partial charge is 0.326 e. The summed E-state index contributed by atoms with van der Waals surface area (Å²) in [5, 5.41) is 20.0. The van der Waals surface area contributed by atoms with Crippen LogP contribution >= 0.6 is 0 Å². The fourth-order valence-corrected chi connectivity index (χ4v) is 1.97. The zero-order valence-electron chi connectivity index (χ0n) is 10.6. The van der Waals surface area contributed by atoms with E-state index in [-0.39, 0.29) is 25.2 Å². The molecule has 0 bridgehead atoms. The number of ether oxygens (including phenoxy) is 1. The van der Waals surface area contributed by atoms with Crippen molar-refractivity contribution in [2.45, 2.75) is 38.5 Å². The summed E-state index contributed by atoms with van der Waals surface area (Å²) in [6.45, 7) is 4.30. The maximum Gasteiger partial charge on any atom is 0.326 e. The average Bonchev–Trinajstić information content (AvgIpc) is 2.26. The number of nitrogens with zero attached hydrogens (tertiary/aromatic N) is 1. The Bertz CT molecular complexity index is 300. The van der Waals surface area contributed by atoms with E-state index in [2.05, 4.69) is 5.32 Å². The third kappa shape index (κ3) is 4.15. The van der Waals surface area contributed by atoms with E-state index in [4.69, 9.17) is 14.9 Å². The van der Waals surface area contributed by atoms with Crippen LogP contribution in [0.25, 0.3) is 0 Å². The molecule has 7 heteroatoms. The summed E-state index contributed by atoms with van der Waals surface area (Å²) in [6.07, 6.45) is -0.141. The van der Waals surface area contributed by atoms with Crippen molar-refractivity contribution in [3.63, 3.8) is 0 Å². The molecule has 3 N–H and O–H groups in total. The van der Waals surface area contributed by atoms with Gasteiger partial charge in [-0.15, -0.1) is 0 Å². The molecule has 7 nitrogen and oxygen atoms in total. The van der Waals surface area contributed by atoms with Gasteiger partial charge in [0, 0.05) is 26.1 Å². The van der Waals surface area contributed by atoms with Gasteiger partial charge in [-0.1, -0.05) is 0 Å². The minimum absolute atomic E-state index is 0.00345. The molecule has 1 fully saturated rings. The van der Waals surface area contributed by atoms with Crippen molar-refractivity contribution in [3.8, 4) is 0 Å². The van der Waals surface area contributed by atoms with E-state index in [0.29, 0.717) is 13.1 Å². The van der Waals surface area contributed by atoms with Gasteiger partial charge < -0.3 is 25.2 Å². The molecule has 1 rings (SSSR count). The number of aliphatic hydroxyl groups is 1. The highest BCUT2D eigenvalue weighted by molar-refractivity contribution is 5.82. The third-order valence-electron chi connectivity index (χ3n) is 2.72. The summed E-state index contributed by atoms with van der Waals surface area (Å²) >= 11 is 0. The summed E-state index contributed by atoms with van der Waals surface area (Å²) < 4.78 is 5.49. The Labute approximate surface area is 106 Å². The molecule has 1 aliphatic heterocycles. The van der Waals surface area contributed by atoms with Gasteiger partial charge in [0.1, 0.15) is 6.04 Å². The lowest BCUT2D eigenvalue weighted by Gasteiger charge is -2.35. The molecule has 0 aromatic heterocycles. The molecule has 1 saturated heterocycles. The van der Waals surface area contributed by atoms with E-state index in [9.17, 15) is 9.59 Å². The van der Waals surface area contributed by atoms with Gasteiger partial charge in [-0.2, -0.15) is 0 Å². The minimum Gasteiger partial charge on any atom is -0.480 e. The molecule has 2 unspecified atom stereocenters. The lowest BCUT2D eigenvalue weighted by atomic mass is 10.2. The number of aliphatic hydroxyl groups excluding tert-OH is 1. The minimum atomic E-state index is -1.15. The third-order valence-corrected chi connectivity index (χ3v) is 2.72. The van der Waals surface area contributed by atoms with Gasteiger partial charge in [-0.25, -0.2) is 9.59 Å². The topological polar surface area (TPSA) is 99.1 Å². The number of hydrogen-bond acceptors (Lipinski definition) is 4. The number of nitrogens with one attached hydrogen (secondary N) is 1. The van der Waals surface area contributed by atoms with Crippen LogP contribution in [0.1, 0.15) is 20.3 Å². The Balaban J connectivity index is 2.55. The highest BCUT2D eigenvalue weighted by Crippen LogP contribution is 2.10. The first-order chi connectivity index (χ1) is 8.43. The largest absolute Gasteiger partial charge is 0.480 e. The predicted octanol–water partition coefficient (Wildman–Crippen LogP) is -0.359. The van der Waals surface area contributed by atoms with Crippen LogP contribution in [0.15, 0.2) is 0 Å². The number of urea groups is 1. The molecule has 0 aromatic carbocycles. The van der Waals surface area contributed by atoms with Crippen molar-refractivity contribution in [1.82, 2.24) is 10.2 Å². The molecule has 104 valence electrons. The van der Waals surface area contributed by atoms with Crippen molar-refractivity contribution in [1.29, 1.82) is 0 Å². The van der Waals surface area contributed by atoms with Crippen LogP contribution in [-0.2, 0) is 9.53 Å². The molecule has 0 spiro atoms. The number of carboxylic acids is 1. The van der Waals surface area contributed by atoms with E-state index in [1.165, 1.54) is 4.90 Å². The van der Waals surface area contributed by atoms with Crippen molar-refractivity contribution >= 4 is 12.0 Å². The average molecular weight is 260 g/mol. The second-order valence-corrected chi connectivity index (χ2v) is 4.51. The zero-order chi connectivity index (χ0) is 13.7. The molecule has 1 heterocycles. The molecule has 0 radical (unpaired) electrons. The van der Waals surface area contributed by atoms with Gasteiger partial charge in [0.2, 0.25) is 0 Å². The van der Waals surface area contributed by atoms with Crippen molar-refractivity contribution in [2.75, 3.05) is 19.7 Å². The summed E-state index contributed by atoms with van der Waals surface area (Å²) in [5.41, 5.74) is 0. The number of hydrogen-bond donors (Lipinski definition) is 3. The molecule has 18 heavy (non-hydrogen) atoms. The summed E-state index contributed by atoms with van der Waals surface area (Å²) in [6, 6.07) is -1.49. The van der Waals surface area contributed by atoms with Gasteiger partial charge in [0.05, 0.1) is 12.2 Å².